The van der Waals surface area contributed by atoms with E-state index >= 15 is 0 Å². The summed E-state index contributed by atoms with van der Waals surface area (Å²) < 4.78 is 43.1. The molecular weight excluding hydrogens is 669 g/mol. The molecule has 0 aliphatic heterocycles. The van der Waals surface area contributed by atoms with E-state index in [1.54, 1.807) is 18.2 Å². The third kappa shape index (κ3) is 14.6. The van der Waals surface area contributed by atoms with Crippen molar-refractivity contribution in [2.45, 2.75) is 97.5 Å². The Morgan fingerprint density at radius 2 is 1.46 bits per heavy atom. The van der Waals surface area contributed by atoms with E-state index in [4.69, 9.17) is 4.84 Å². The molecule has 0 bridgehead atoms. The van der Waals surface area contributed by atoms with Crippen molar-refractivity contribution in [1.82, 2.24) is 10.4 Å². The van der Waals surface area contributed by atoms with Gasteiger partial charge in [0.1, 0.15) is 5.75 Å². The Kier molecular flexibility index (Phi) is 15.8. The lowest BCUT2D eigenvalue weighted by Gasteiger charge is -2.22. The van der Waals surface area contributed by atoms with E-state index in [1.165, 1.54) is 81.6 Å². The fourth-order valence-corrected chi connectivity index (χ4v) is 5.76. The molecule has 0 fully saturated rings. The first-order chi connectivity index (χ1) is 19.5. The van der Waals surface area contributed by atoms with Crippen LogP contribution in [-0.2, 0) is 22.7 Å². The van der Waals surface area contributed by atoms with E-state index < -0.39 is 12.3 Å². The Morgan fingerprint density at radius 1 is 0.878 bits per heavy atom. The van der Waals surface area contributed by atoms with Gasteiger partial charge in [-0.2, -0.15) is 0 Å². The second kappa shape index (κ2) is 18.4. The first kappa shape index (κ1) is 35.1. The summed E-state index contributed by atoms with van der Waals surface area (Å²) in [5.74, 6) is -1.14. The van der Waals surface area contributed by atoms with Crippen molar-refractivity contribution >= 4 is 43.7 Å². The van der Waals surface area contributed by atoms with E-state index in [2.05, 4.69) is 48.8 Å². The lowest BCUT2D eigenvalue weighted by Crippen LogP contribution is -2.27. The fourth-order valence-electron chi connectivity index (χ4n) is 4.32. The number of amides is 1. The zero-order chi connectivity index (χ0) is 30.3. The molecular formula is C30H39Br2F3N2O4. The number of hydrogen-bond donors (Lipinski definition) is 1. The smallest absolute Gasteiger partial charge is 0.406 e. The van der Waals surface area contributed by atoms with Crippen LogP contribution in [0.4, 0.5) is 13.2 Å². The molecule has 2 aromatic rings. The van der Waals surface area contributed by atoms with Gasteiger partial charge in [0.15, 0.2) is 0 Å². The Bertz CT molecular complexity index is 1090. The van der Waals surface area contributed by atoms with Crippen molar-refractivity contribution in [2.75, 3.05) is 6.54 Å². The van der Waals surface area contributed by atoms with Crippen LogP contribution in [0.1, 0.15) is 99.5 Å². The minimum Gasteiger partial charge on any atom is -0.406 e. The number of nitrogens with zero attached hydrogens (tertiary/aromatic N) is 1. The van der Waals surface area contributed by atoms with Crippen LogP contribution < -0.4 is 10.1 Å². The summed E-state index contributed by atoms with van der Waals surface area (Å²) in [6.07, 6.45) is 7.43. The number of halogens is 5. The third-order valence-corrected chi connectivity index (χ3v) is 7.72. The number of benzene rings is 2. The van der Waals surface area contributed by atoms with Gasteiger partial charge in [0.05, 0.1) is 13.1 Å². The SMILES string of the molecule is CCCCCCCCCCCCNC(=O)c1cc(Br)c(CN(Cc2cccc(OC(F)(F)F)c2)OC(C)=O)c(Br)c1. The number of rotatable bonds is 18. The summed E-state index contributed by atoms with van der Waals surface area (Å²) in [5.41, 5.74) is 1.61. The van der Waals surface area contributed by atoms with Crippen molar-refractivity contribution in [3.63, 3.8) is 0 Å². The molecule has 228 valence electrons. The Morgan fingerprint density at radius 3 is 2.02 bits per heavy atom. The molecule has 0 aliphatic rings. The van der Waals surface area contributed by atoms with Gasteiger partial charge < -0.3 is 14.9 Å². The maximum absolute atomic E-state index is 12.7. The monoisotopic (exact) mass is 706 g/mol. The summed E-state index contributed by atoms with van der Waals surface area (Å²) >= 11 is 7.01. The van der Waals surface area contributed by atoms with Crippen molar-refractivity contribution in [3.05, 3.63) is 62.0 Å². The zero-order valence-electron chi connectivity index (χ0n) is 23.6. The van der Waals surface area contributed by atoms with E-state index in [9.17, 15) is 22.8 Å². The van der Waals surface area contributed by atoms with Gasteiger partial charge in [0.2, 0.25) is 0 Å². The normalized spacial score (nSPS) is 11.5. The molecule has 0 unspecified atom stereocenters. The van der Waals surface area contributed by atoms with Gasteiger partial charge in [-0.1, -0.05) is 109 Å². The van der Waals surface area contributed by atoms with Crippen LogP contribution in [0.3, 0.4) is 0 Å². The molecule has 2 aromatic carbocycles. The van der Waals surface area contributed by atoms with Gasteiger partial charge in [-0.05, 0) is 41.8 Å². The molecule has 0 aliphatic carbocycles. The lowest BCUT2D eigenvalue weighted by atomic mass is 10.1. The molecule has 0 atom stereocenters. The zero-order valence-corrected chi connectivity index (χ0v) is 26.8. The number of hydroxylamine groups is 2. The number of carbonyl (C=O) groups excluding carboxylic acids is 2. The van der Waals surface area contributed by atoms with Crippen LogP contribution in [0.25, 0.3) is 0 Å². The molecule has 41 heavy (non-hydrogen) atoms. The van der Waals surface area contributed by atoms with Gasteiger partial charge in [-0.25, -0.2) is 0 Å². The molecule has 0 saturated heterocycles. The van der Waals surface area contributed by atoms with Crippen LogP contribution in [0, 0.1) is 0 Å². The average molecular weight is 708 g/mol. The summed E-state index contributed by atoms with van der Waals surface area (Å²) in [5, 5.41) is 4.29. The number of carbonyl (C=O) groups is 2. The molecule has 11 heteroatoms. The van der Waals surface area contributed by atoms with E-state index in [0.29, 0.717) is 32.2 Å². The predicted octanol–water partition coefficient (Wildman–Crippen LogP) is 9.24. The Balaban J connectivity index is 1.91. The quantitative estimate of drug-likeness (QED) is 0.124. The van der Waals surface area contributed by atoms with Crippen LogP contribution in [0.2, 0.25) is 0 Å². The summed E-state index contributed by atoms with van der Waals surface area (Å²) in [4.78, 5) is 29.8. The number of ether oxygens (including phenoxy) is 1. The highest BCUT2D eigenvalue weighted by Gasteiger charge is 2.31. The third-order valence-electron chi connectivity index (χ3n) is 6.30. The largest absolute Gasteiger partial charge is 0.573 e. The Hall–Kier alpha value is -2.11. The van der Waals surface area contributed by atoms with Crippen molar-refractivity contribution < 1.29 is 32.3 Å². The van der Waals surface area contributed by atoms with Gasteiger partial charge in [-0.3, -0.25) is 9.59 Å². The highest BCUT2D eigenvalue weighted by atomic mass is 79.9. The van der Waals surface area contributed by atoms with Crippen LogP contribution >= 0.6 is 31.9 Å². The highest BCUT2D eigenvalue weighted by Crippen LogP contribution is 2.30. The van der Waals surface area contributed by atoms with Gasteiger partial charge >= 0.3 is 12.3 Å². The first-order valence-corrected chi connectivity index (χ1v) is 15.6. The second-order valence-corrected chi connectivity index (χ2v) is 11.6. The molecule has 1 amide bonds. The van der Waals surface area contributed by atoms with Gasteiger partial charge in [-0.15, -0.1) is 18.2 Å². The molecule has 0 saturated carbocycles. The maximum Gasteiger partial charge on any atom is 0.573 e. The Labute approximate surface area is 257 Å². The van der Waals surface area contributed by atoms with Crippen molar-refractivity contribution in [1.29, 1.82) is 0 Å². The second-order valence-electron chi connectivity index (χ2n) is 9.93. The highest BCUT2D eigenvalue weighted by molar-refractivity contribution is 9.11. The summed E-state index contributed by atoms with van der Waals surface area (Å²) in [6.45, 7) is 4.18. The number of unbranched alkanes of at least 4 members (excludes halogenated alkanes) is 9. The standard InChI is InChI=1S/C30H39Br2F3N2O4/c1-3-4-5-6-7-8-9-10-11-12-16-36-29(39)24-18-27(31)26(28(32)19-24)21-37(41-22(2)38)20-23-14-13-15-25(17-23)40-30(33,34)35/h13-15,17-19H,3-12,16,20-21H2,1-2H3,(H,36,39). The average Bonchev–Trinajstić information content (AvgIpc) is 2.88. The molecule has 0 radical (unpaired) electrons. The van der Waals surface area contributed by atoms with Crippen LogP contribution in [-0.4, -0.2) is 29.8 Å². The molecule has 0 spiro atoms. The van der Waals surface area contributed by atoms with E-state index in [-0.39, 0.29) is 24.7 Å². The lowest BCUT2D eigenvalue weighted by molar-refractivity contribution is -0.274. The van der Waals surface area contributed by atoms with Crippen molar-refractivity contribution in [3.8, 4) is 5.75 Å². The number of hydrogen-bond acceptors (Lipinski definition) is 5. The summed E-state index contributed by atoms with van der Waals surface area (Å²) in [6, 6.07) is 8.84. The minimum absolute atomic E-state index is 0.00854. The predicted molar refractivity (Wildman–Crippen MR) is 160 cm³/mol. The maximum atomic E-state index is 12.7. The molecule has 0 heterocycles. The van der Waals surface area contributed by atoms with Crippen LogP contribution in [0.15, 0.2) is 45.3 Å². The van der Waals surface area contributed by atoms with Crippen molar-refractivity contribution in [2.24, 2.45) is 0 Å². The minimum atomic E-state index is -4.81. The number of nitrogens with one attached hydrogen (secondary N) is 1. The first-order valence-electron chi connectivity index (χ1n) is 14.0. The molecule has 6 nitrogen and oxygen atoms in total. The fraction of sp³-hybridized carbons (Fsp3) is 0.533. The molecule has 2 rings (SSSR count). The van der Waals surface area contributed by atoms with E-state index in [0.717, 1.165) is 12.8 Å². The van der Waals surface area contributed by atoms with E-state index in [1.807, 2.05) is 0 Å². The van der Waals surface area contributed by atoms with Crippen LogP contribution in [0.5, 0.6) is 5.75 Å². The van der Waals surface area contributed by atoms with Gasteiger partial charge in [0.25, 0.3) is 5.91 Å². The summed E-state index contributed by atoms with van der Waals surface area (Å²) in [7, 11) is 0. The molecule has 0 aromatic heterocycles. The van der Waals surface area contributed by atoms with Gasteiger partial charge in [0, 0.05) is 28.0 Å². The number of alkyl halides is 3. The topological polar surface area (TPSA) is 67.9 Å². The molecule has 1 N–H and O–H groups in total.